The van der Waals surface area contributed by atoms with Gasteiger partial charge in [-0.25, -0.2) is 9.37 Å². The van der Waals surface area contributed by atoms with Gasteiger partial charge in [-0.2, -0.15) is 0 Å². The second-order valence-electron chi connectivity index (χ2n) is 3.90. The van der Waals surface area contributed by atoms with Gasteiger partial charge in [-0.05, 0) is 17.7 Å². The molecule has 0 bridgehead atoms. The summed E-state index contributed by atoms with van der Waals surface area (Å²) < 4.78 is 19.5. The highest BCUT2D eigenvalue weighted by atomic mass is 19.1. The molecule has 4 nitrogen and oxygen atoms in total. The Morgan fingerprint density at radius 1 is 1.40 bits per heavy atom. The van der Waals surface area contributed by atoms with Crippen molar-refractivity contribution in [1.82, 2.24) is 9.55 Å². The summed E-state index contributed by atoms with van der Waals surface area (Å²) in [7, 11) is 1.34. The third-order valence-electron chi connectivity index (χ3n) is 2.59. The fourth-order valence-electron chi connectivity index (χ4n) is 1.69. The molecule has 0 fully saturated rings. The monoisotopic (exact) mass is 278 g/mol. The molecular weight excluding hydrogens is 259 g/mol. The van der Waals surface area contributed by atoms with E-state index in [0.717, 1.165) is 11.3 Å². The highest BCUT2D eigenvalue weighted by molar-refractivity contribution is 5.71. The zero-order valence-corrected chi connectivity index (χ0v) is 12.0. The van der Waals surface area contributed by atoms with Crippen molar-refractivity contribution in [3.05, 3.63) is 53.9 Å². The number of methoxy groups -OCH3 is 1. The molecule has 0 aliphatic carbocycles. The summed E-state index contributed by atoms with van der Waals surface area (Å²) in [5, 5.41) is 0. The standard InChI is InChI=1S/C13H13FN2O2.C2H6/c1-18-13(17)6-12-7-15-9-16(12)8-10-3-2-4-11(14)5-10;1-2/h2-5,7,9H,6,8H2,1H3;1-2H3. The van der Waals surface area contributed by atoms with Crippen molar-refractivity contribution in [2.24, 2.45) is 0 Å². The van der Waals surface area contributed by atoms with Crippen LogP contribution in [0.2, 0.25) is 0 Å². The molecule has 2 rings (SSSR count). The zero-order chi connectivity index (χ0) is 15.0. The van der Waals surface area contributed by atoms with Crippen molar-refractivity contribution in [2.75, 3.05) is 7.11 Å². The van der Waals surface area contributed by atoms with Crippen LogP contribution in [0.15, 0.2) is 36.8 Å². The van der Waals surface area contributed by atoms with Crippen LogP contribution in [-0.2, 0) is 22.5 Å². The van der Waals surface area contributed by atoms with Gasteiger partial charge in [0.15, 0.2) is 0 Å². The first-order chi connectivity index (χ1) is 9.69. The fourth-order valence-corrected chi connectivity index (χ4v) is 1.69. The number of hydrogen-bond acceptors (Lipinski definition) is 3. The van der Waals surface area contributed by atoms with Crippen molar-refractivity contribution >= 4 is 5.97 Å². The Bertz CT molecular complexity index is 552. The zero-order valence-electron chi connectivity index (χ0n) is 12.0. The molecule has 0 amide bonds. The van der Waals surface area contributed by atoms with Gasteiger partial charge in [-0.15, -0.1) is 0 Å². The Hall–Kier alpha value is -2.17. The molecule has 0 unspecified atom stereocenters. The van der Waals surface area contributed by atoms with Gasteiger partial charge in [0.1, 0.15) is 5.82 Å². The van der Waals surface area contributed by atoms with E-state index in [2.05, 4.69) is 9.72 Å². The minimum absolute atomic E-state index is 0.159. The average molecular weight is 278 g/mol. The normalized spacial score (nSPS) is 9.60. The topological polar surface area (TPSA) is 44.1 Å². The third-order valence-corrected chi connectivity index (χ3v) is 2.59. The minimum Gasteiger partial charge on any atom is -0.469 e. The smallest absolute Gasteiger partial charge is 0.311 e. The summed E-state index contributed by atoms with van der Waals surface area (Å²) in [6.45, 7) is 4.48. The number of hydrogen-bond donors (Lipinski definition) is 0. The van der Waals surface area contributed by atoms with Gasteiger partial charge in [0, 0.05) is 18.4 Å². The van der Waals surface area contributed by atoms with E-state index in [0.29, 0.717) is 6.54 Å². The molecule has 0 spiro atoms. The maximum atomic E-state index is 13.1. The van der Waals surface area contributed by atoms with Crippen LogP contribution in [-0.4, -0.2) is 22.6 Å². The van der Waals surface area contributed by atoms with Gasteiger partial charge >= 0.3 is 5.97 Å². The van der Waals surface area contributed by atoms with E-state index in [1.54, 1.807) is 23.2 Å². The molecule has 5 heteroatoms. The van der Waals surface area contributed by atoms with Crippen molar-refractivity contribution < 1.29 is 13.9 Å². The summed E-state index contributed by atoms with van der Waals surface area (Å²) >= 11 is 0. The van der Waals surface area contributed by atoms with Crippen LogP contribution in [0.25, 0.3) is 0 Å². The van der Waals surface area contributed by atoms with Gasteiger partial charge in [-0.3, -0.25) is 4.79 Å². The van der Waals surface area contributed by atoms with Crippen molar-refractivity contribution in [3.63, 3.8) is 0 Å². The van der Waals surface area contributed by atoms with E-state index in [9.17, 15) is 9.18 Å². The molecule has 0 saturated heterocycles. The lowest BCUT2D eigenvalue weighted by atomic mass is 10.2. The van der Waals surface area contributed by atoms with Crippen LogP contribution in [0, 0.1) is 5.82 Å². The number of benzene rings is 1. The molecule has 1 aromatic heterocycles. The van der Waals surface area contributed by atoms with Crippen molar-refractivity contribution in [3.8, 4) is 0 Å². The quantitative estimate of drug-likeness (QED) is 0.808. The SMILES string of the molecule is CC.COC(=O)Cc1cncn1Cc1cccc(F)c1. The van der Waals surface area contributed by atoms with E-state index in [1.165, 1.54) is 19.2 Å². The number of halogens is 1. The number of aromatic nitrogens is 2. The first kappa shape index (κ1) is 15.9. The van der Waals surface area contributed by atoms with Crippen LogP contribution >= 0.6 is 0 Å². The molecule has 2 aromatic rings. The van der Waals surface area contributed by atoms with E-state index in [-0.39, 0.29) is 18.2 Å². The molecular formula is C15H19FN2O2. The Morgan fingerprint density at radius 2 is 2.15 bits per heavy atom. The van der Waals surface area contributed by atoms with Gasteiger partial charge in [0.25, 0.3) is 0 Å². The molecule has 108 valence electrons. The first-order valence-corrected chi connectivity index (χ1v) is 6.49. The number of carbonyl (C=O) groups excluding carboxylic acids is 1. The summed E-state index contributed by atoms with van der Waals surface area (Å²) in [6.07, 6.45) is 3.38. The summed E-state index contributed by atoms with van der Waals surface area (Å²) in [6, 6.07) is 6.33. The van der Waals surface area contributed by atoms with E-state index >= 15 is 0 Å². The van der Waals surface area contributed by atoms with E-state index in [1.807, 2.05) is 19.9 Å². The predicted octanol–water partition coefficient (Wildman–Crippen LogP) is 2.81. The van der Waals surface area contributed by atoms with Crippen LogP contribution in [0.5, 0.6) is 0 Å². The maximum Gasteiger partial charge on any atom is 0.311 e. The van der Waals surface area contributed by atoms with Crippen LogP contribution in [0.1, 0.15) is 25.1 Å². The summed E-state index contributed by atoms with van der Waals surface area (Å²) in [5.74, 6) is -0.599. The fraction of sp³-hybridized carbons (Fsp3) is 0.333. The van der Waals surface area contributed by atoms with Crippen LogP contribution in [0.3, 0.4) is 0 Å². The van der Waals surface area contributed by atoms with Gasteiger partial charge < -0.3 is 9.30 Å². The summed E-state index contributed by atoms with van der Waals surface area (Å²) in [4.78, 5) is 15.2. The lowest BCUT2D eigenvalue weighted by Gasteiger charge is -2.07. The van der Waals surface area contributed by atoms with E-state index < -0.39 is 0 Å². The molecule has 1 heterocycles. The second kappa shape index (κ2) is 8.09. The molecule has 0 saturated carbocycles. The van der Waals surface area contributed by atoms with E-state index in [4.69, 9.17) is 0 Å². The number of rotatable bonds is 4. The third kappa shape index (κ3) is 4.50. The molecule has 0 N–H and O–H groups in total. The van der Waals surface area contributed by atoms with Crippen molar-refractivity contribution in [2.45, 2.75) is 26.8 Å². The average Bonchev–Trinajstić information content (AvgIpc) is 2.88. The van der Waals surface area contributed by atoms with Crippen LogP contribution in [0.4, 0.5) is 4.39 Å². The van der Waals surface area contributed by atoms with Gasteiger partial charge in [0.2, 0.25) is 0 Å². The molecule has 1 aromatic carbocycles. The van der Waals surface area contributed by atoms with Crippen LogP contribution < -0.4 is 0 Å². The molecule has 0 radical (unpaired) electrons. The minimum atomic E-state index is -0.323. The Labute approximate surface area is 118 Å². The van der Waals surface area contributed by atoms with Crippen molar-refractivity contribution in [1.29, 1.82) is 0 Å². The lowest BCUT2D eigenvalue weighted by molar-refractivity contribution is -0.139. The Morgan fingerprint density at radius 3 is 2.80 bits per heavy atom. The first-order valence-electron chi connectivity index (χ1n) is 6.49. The molecule has 0 aliphatic heterocycles. The Balaban J connectivity index is 0.000000956. The lowest BCUT2D eigenvalue weighted by Crippen LogP contribution is -2.10. The predicted molar refractivity (Wildman–Crippen MR) is 74.8 cm³/mol. The largest absolute Gasteiger partial charge is 0.469 e. The second-order valence-corrected chi connectivity index (χ2v) is 3.90. The number of carbonyl (C=O) groups is 1. The highest BCUT2D eigenvalue weighted by Gasteiger charge is 2.08. The number of imidazole rings is 1. The Kier molecular flexibility index (Phi) is 6.43. The molecule has 0 atom stereocenters. The summed E-state index contributed by atoms with van der Waals surface area (Å²) in [5.41, 5.74) is 1.56. The molecule has 20 heavy (non-hydrogen) atoms. The maximum absolute atomic E-state index is 13.1. The number of nitrogens with zero attached hydrogens (tertiary/aromatic N) is 2. The highest BCUT2D eigenvalue weighted by Crippen LogP contribution is 2.09. The number of ether oxygens (including phenoxy) is 1. The number of esters is 1. The van der Waals surface area contributed by atoms with Gasteiger partial charge in [-0.1, -0.05) is 26.0 Å². The van der Waals surface area contributed by atoms with Gasteiger partial charge in [0.05, 0.1) is 19.9 Å². The molecule has 0 aliphatic rings.